The molecule has 6 nitrogen and oxygen atoms in total. The molecule has 0 bridgehead atoms. The number of halogens is 1. The Balaban J connectivity index is 2.13. The summed E-state index contributed by atoms with van der Waals surface area (Å²) in [4.78, 5) is 17.8. The quantitative estimate of drug-likeness (QED) is 0.741. The highest BCUT2D eigenvalue weighted by atomic mass is 32.2. The van der Waals surface area contributed by atoms with Crippen molar-refractivity contribution in [3.63, 3.8) is 0 Å². The van der Waals surface area contributed by atoms with Crippen molar-refractivity contribution in [1.82, 2.24) is 9.55 Å². The molecule has 0 aliphatic heterocycles. The fraction of sp³-hybridized carbons (Fsp3) is 0.263. The van der Waals surface area contributed by atoms with Crippen molar-refractivity contribution in [1.29, 1.82) is 0 Å². The Hall–Kier alpha value is -2.58. The second-order valence-electron chi connectivity index (χ2n) is 6.88. The normalized spacial score (nSPS) is 15.8. The van der Waals surface area contributed by atoms with Gasteiger partial charge in [0.25, 0.3) is 5.56 Å². The van der Waals surface area contributed by atoms with Gasteiger partial charge in [-0.2, -0.15) is 0 Å². The Morgan fingerprint density at radius 3 is 2.56 bits per heavy atom. The molecule has 0 radical (unpaired) electrons. The zero-order valence-electron chi connectivity index (χ0n) is 14.6. The third-order valence-electron chi connectivity index (χ3n) is 4.78. The first-order valence-corrected chi connectivity index (χ1v) is 10.4. The first-order chi connectivity index (χ1) is 12.8. The van der Waals surface area contributed by atoms with Crippen LogP contribution in [-0.4, -0.2) is 24.2 Å². The summed E-state index contributed by atoms with van der Waals surface area (Å²) in [6.07, 6.45) is 2.90. The average Bonchev–Trinajstić information content (AvgIpc) is 3.44. The van der Waals surface area contributed by atoms with Gasteiger partial charge in [-0.15, -0.1) is 0 Å². The zero-order valence-corrected chi connectivity index (χ0v) is 15.4. The molecule has 140 valence electrons. The van der Waals surface area contributed by atoms with Crippen molar-refractivity contribution < 1.29 is 12.8 Å². The maximum atomic E-state index is 13.8. The van der Waals surface area contributed by atoms with E-state index in [1.54, 1.807) is 18.2 Å². The second-order valence-corrected chi connectivity index (χ2v) is 8.86. The van der Waals surface area contributed by atoms with Gasteiger partial charge in [-0.1, -0.05) is 12.1 Å². The molecule has 3 aromatic rings. The van der Waals surface area contributed by atoms with Crippen LogP contribution in [0.2, 0.25) is 0 Å². The minimum absolute atomic E-state index is 0.0176. The van der Waals surface area contributed by atoms with E-state index in [-0.39, 0.29) is 27.4 Å². The number of rotatable bonds is 4. The van der Waals surface area contributed by atoms with Crippen molar-refractivity contribution in [3.8, 4) is 5.69 Å². The van der Waals surface area contributed by atoms with Crippen LogP contribution < -0.4 is 11.3 Å². The lowest BCUT2D eigenvalue weighted by molar-refractivity contribution is 0.571. The van der Waals surface area contributed by atoms with Crippen LogP contribution in [0.25, 0.3) is 16.6 Å². The third kappa shape index (κ3) is 3.15. The van der Waals surface area contributed by atoms with E-state index >= 15 is 0 Å². The molecule has 1 aliphatic rings. The largest absolute Gasteiger partial charge is 0.321 e. The topological polar surface area (TPSA) is 95.0 Å². The molecule has 1 atom stereocenters. The summed E-state index contributed by atoms with van der Waals surface area (Å²) in [5.41, 5.74) is 6.29. The number of benzene rings is 2. The van der Waals surface area contributed by atoms with Gasteiger partial charge in [0, 0.05) is 6.26 Å². The summed E-state index contributed by atoms with van der Waals surface area (Å²) in [5.74, 6) is 0.000314. The molecule has 1 saturated carbocycles. The average molecular weight is 387 g/mol. The van der Waals surface area contributed by atoms with Gasteiger partial charge in [-0.05, 0) is 49.1 Å². The van der Waals surface area contributed by atoms with Crippen LogP contribution in [0.5, 0.6) is 0 Å². The van der Waals surface area contributed by atoms with Gasteiger partial charge in [0.2, 0.25) is 0 Å². The van der Waals surface area contributed by atoms with Crippen LogP contribution in [0.1, 0.15) is 24.7 Å². The van der Waals surface area contributed by atoms with Crippen molar-refractivity contribution in [2.75, 3.05) is 6.26 Å². The number of nitrogens with zero attached hydrogens (tertiary/aromatic N) is 2. The minimum atomic E-state index is -3.65. The highest BCUT2D eigenvalue weighted by Gasteiger charge is 2.33. The van der Waals surface area contributed by atoms with E-state index in [0.717, 1.165) is 19.1 Å². The van der Waals surface area contributed by atoms with Crippen molar-refractivity contribution in [2.45, 2.75) is 23.8 Å². The lowest BCUT2D eigenvalue weighted by Crippen LogP contribution is -2.30. The van der Waals surface area contributed by atoms with E-state index in [0.29, 0.717) is 5.82 Å². The van der Waals surface area contributed by atoms with Crippen molar-refractivity contribution >= 4 is 20.7 Å². The molecule has 0 saturated heterocycles. The minimum Gasteiger partial charge on any atom is -0.321 e. The molecule has 1 aliphatic carbocycles. The highest BCUT2D eigenvalue weighted by molar-refractivity contribution is 7.91. The Morgan fingerprint density at radius 1 is 1.22 bits per heavy atom. The third-order valence-corrected chi connectivity index (χ3v) is 5.92. The summed E-state index contributed by atoms with van der Waals surface area (Å²) in [7, 11) is -3.65. The van der Waals surface area contributed by atoms with Crippen molar-refractivity contribution in [3.05, 3.63) is 64.5 Å². The van der Waals surface area contributed by atoms with E-state index in [1.807, 2.05) is 0 Å². The number of sulfone groups is 1. The number of fused-ring (bicyclic) bond motifs is 1. The lowest BCUT2D eigenvalue weighted by atomic mass is 10.1. The van der Waals surface area contributed by atoms with E-state index in [1.165, 1.54) is 28.8 Å². The molecule has 2 N–H and O–H groups in total. The monoisotopic (exact) mass is 387 g/mol. The molecular formula is C19H18FN3O3S. The summed E-state index contributed by atoms with van der Waals surface area (Å²) in [6, 6.07) is 9.55. The first-order valence-electron chi connectivity index (χ1n) is 8.54. The fourth-order valence-electron chi connectivity index (χ4n) is 3.28. The van der Waals surface area contributed by atoms with Gasteiger partial charge in [0.1, 0.15) is 11.6 Å². The molecule has 1 fully saturated rings. The molecule has 4 rings (SSSR count). The maximum absolute atomic E-state index is 13.8. The molecular weight excluding hydrogens is 369 g/mol. The Kier molecular flexibility index (Phi) is 4.12. The molecule has 8 heteroatoms. The van der Waals surface area contributed by atoms with Gasteiger partial charge < -0.3 is 5.73 Å². The van der Waals surface area contributed by atoms with Crippen LogP contribution >= 0.6 is 0 Å². The molecule has 1 heterocycles. The van der Waals surface area contributed by atoms with E-state index < -0.39 is 27.3 Å². The van der Waals surface area contributed by atoms with Crippen LogP contribution in [-0.2, 0) is 9.84 Å². The Morgan fingerprint density at radius 2 is 1.93 bits per heavy atom. The first kappa shape index (κ1) is 17.8. The maximum Gasteiger partial charge on any atom is 0.267 e. The molecule has 0 amide bonds. The number of aromatic nitrogens is 2. The van der Waals surface area contributed by atoms with Crippen LogP contribution in [0, 0.1) is 11.7 Å². The Bertz CT molecular complexity index is 1220. The predicted octanol–water partition coefficient (Wildman–Crippen LogP) is 2.34. The van der Waals surface area contributed by atoms with Gasteiger partial charge in [-0.3, -0.25) is 9.36 Å². The molecule has 27 heavy (non-hydrogen) atoms. The standard InChI is InChI=1S/C19H18FN3O3S/c1-27(25,26)15-7-3-6-14-16(15)19(24)23(13-5-2-4-12(20)10-13)18(22-14)17(21)11-8-9-11/h2-7,10-11,17H,8-9,21H2,1H3/t17-/m0/s1. The van der Waals surface area contributed by atoms with E-state index in [2.05, 4.69) is 4.98 Å². The SMILES string of the molecule is CS(=O)(=O)c1cccc2nc([C@@H](N)C3CC3)n(-c3cccc(F)c3)c(=O)c12. The molecule has 2 aromatic carbocycles. The predicted molar refractivity (Wildman–Crippen MR) is 100 cm³/mol. The highest BCUT2D eigenvalue weighted by Crippen LogP contribution is 2.39. The van der Waals surface area contributed by atoms with Gasteiger partial charge >= 0.3 is 0 Å². The van der Waals surface area contributed by atoms with Gasteiger partial charge in [-0.25, -0.2) is 17.8 Å². The smallest absolute Gasteiger partial charge is 0.267 e. The van der Waals surface area contributed by atoms with Gasteiger partial charge in [0.05, 0.1) is 27.5 Å². The van der Waals surface area contributed by atoms with Gasteiger partial charge in [0.15, 0.2) is 9.84 Å². The number of hydrogen-bond donors (Lipinski definition) is 1. The van der Waals surface area contributed by atoms with E-state index in [4.69, 9.17) is 5.73 Å². The molecule has 0 unspecified atom stereocenters. The van der Waals surface area contributed by atoms with Crippen LogP contribution in [0.4, 0.5) is 4.39 Å². The van der Waals surface area contributed by atoms with Crippen LogP contribution in [0.15, 0.2) is 52.2 Å². The molecule has 1 aromatic heterocycles. The molecule has 0 spiro atoms. The fourth-order valence-corrected chi connectivity index (χ4v) is 4.17. The van der Waals surface area contributed by atoms with Crippen molar-refractivity contribution in [2.24, 2.45) is 11.7 Å². The number of nitrogens with two attached hydrogens (primary N) is 1. The Labute approximate surface area is 155 Å². The second kappa shape index (κ2) is 6.24. The van der Waals surface area contributed by atoms with Crippen LogP contribution in [0.3, 0.4) is 0 Å². The summed E-state index contributed by atoms with van der Waals surface area (Å²) in [5, 5.41) is -0.0176. The zero-order chi connectivity index (χ0) is 19.3. The summed E-state index contributed by atoms with van der Waals surface area (Å²) < 4.78 is 39.4. The summed E-state index contributed by atoms with van der Waals surface area (Å²) in [6.45, 7) is 0. The van der Waals surface area contributed by atoms with E-state index in [9.17, 15) is 17.6 Å². The number of hydrogen-bond acceptors (Lipinski definition) is 5. The lowest BCUT2D eigenvalue weighted by Gasteiger charge is -2.19. The summed E-state index contributed by atoms with van der Waals surface area (Å²) >= 11 is 0.